The van der Waals surface area contributed by atoms with Crippen molar-refractivity contribution < 1.29 is 10.2 Å². The van der Waals surface area contributed by atoms with Crippen LogP contribution in [0.15, 0.2) is 50.6 Å². The van der Waals surface area contributed by atoms with Crippen molar-refractivity contribution >= 4 is 0 Å². The first kappa shape index (κ1) is 25.8. The Morgan fingerprint density at radius 1 is 0.556 bits per heavy atom. The molecule has 0 saturated heterocycles. The van der Waals surface area contributed by atoms with E-state index in [0.717, 1.165) is 77.0 Å². The average molecular weight is 378 g/mol. The summed E-state index contributed by atoms with van der Waals surface area (Å²) < 4.78 is 0. The molecule has 3 heteroatoms. The van der Waals surface area contributed by atoms with Crippen molar-refractivity contribution in [3.05, 3.63) is 50.6 Å². The number of hydrogen-bond donors (Lipinski definition) is 3. The molecule has 0 atom stereocenters. The molecule has 0 aliphatic heterocycles. The van der Waals surface area contributed by atoms with Crippen molar-refractivity contribution in [2.75, 3.05) is 13.2 Å². The summed E-state index contributed by atoms with van der Waals surface area (Å²) in [7, 11) is 0. The second-order valence-electron chi connectivity index (χ2n) is 7.73. The second kappa shape index (κ2) is 15.9. The largest absolute Gasteiger partial charge is 0.396 e. The second-order valence-corrected chi connectivity index (χ2v) is 7.73. The molecule has 0 radical (unpaired) electrons. The maximum atomic E-state index is 9.08. The van der Waals surface area contributed by atoms with E-state index >= 15 is 0 Å². The van der Waals surface area contributed by atoms with E-state index in [-0.39, 0.29) is 24.3 Å². The third kappa shape index (κ3) is 10.7. The third-order valence-electron chi connectivity index (χ3n) is 5.30. The highest BCUT2D eigenvalue weighted by atomic mass is 16.3. The molecule has 0 aliphatic carbocycles. The lowest BCUT2D eigenvalue weighted by atomic mass is 9.78. The molecule has 0 unspecified atom stereocenters. The highest BCUT2D eigenvalue weighted by Gasteiger charge is 2.37. The summed E-state index contributed by atoms with van der Waals surface area (Å²) in [6.45, 7) is 16.5. The molecule has 0 bridgehead atoms. The van der Waals surface area contributed by atoms with E-state index in [2.05, 4.69) is 31.6 Å². The summed E-state index contributed by atoms with van der Waals surface area (Å²) in [5.74, 6) is 0. The Morgan fingerprint density at radius 3 is 1.15 bits per heavy atom. The van der Waals surface area contributed by atoms with Crippen LogP contribution in [0.1, 0.15) is 77.0 Å². The molecule has 0 aliphatic rings. The standard InChI is InChI=1S/C24H43NO2/c1-5-15-23(16-6-2,19-11-9-13-21-26)25-24(17-7-3,18-8-4)20-12-10-14-22-27/h5-8,25-27H,1-4,9-22H2. The molecular formula is C24H43NO2. The molecule has 0 heterocycles. The highest BCUT2D eigenvalue weighted by molar-refractivity contribution is 5.07. The SMILES string of the molecule is C=CCC(CC=C)(CCCCCO)NC(CC=C)(CC=C)CCCCCO. The van der Waals surface area contributed by atoms with Crippen LogP contribution in [0.4, 0.5) is 0 Å². The van der Waals surface area contributed by atoms with Crippen molar-refractivity contribution in [1.82, 2.24) is 5.32 Å². The van der Waals surface area contributed by atoms with Crippen LogP contribution in [-0.2, 0) is 0 Å². The summed E-state index contributed by atoms with van der Waals surface area (Å²) in [6, 6.07) is 0. The molecule has 3 N–H and O–H groups in total. The number of rotatable bonds is 20. The van der Waals surface area contributed by atoms with Gasteiger partial charge >= 0.3 is 0 Å². The smallest absolute Gasteiger partial charge is 0.0431 e. The van der Waals surface area contributed by atoms with Gasteiger partial charge in [-0.3, -0.25) is 0 Å². The van der Waals surface area contributed by atoms with Gasteiger partial charge in [0.05, 0.1) is 0 Å². The van der Waals surface area contributed by atoms with Crippen LogP contribution < -0.4 is 5.32 Å². The molecule has 0 aromatic carbocycles. The summed E-state index contributed by atoms with van der Waals surface area (Å²) >= 11 is 0. The molecule has 0 saturated carbocycles. The Balaban J connectivity index is 5.47. The van der Waals surface area contributed by atoms with E-state index in [1.54, 1.807) is 0 Å². The Kier molecular flexibility index (Phi) is 15.2. The molecule has 0 rings (SSSR count). The lowest BCUT2D eigenvalue weighted by Crippen LogP contribution is -2.57. The summed E-state index contributed by atoms with van der Waals surface area (Å²) in [5, 5.41) is 22.2. The van der Waals surface area contributed by atoms with Gasteiger partial charge in [0.1, 0.15) is 0 Å². The molecule has 0 aromatic heterocycles. The molecule has 156 valence electrons. The number of hydrogen-bond acceptors (Lipinski definition) is 3. The summed E-state index contributed by atoms with van der Waals surface area (Å²) in [4.78, 5) is 0. The number of unbranched alkanes of at least 4 members (excludes halogenated alkanes) is 4. The van der Waals surface area contributed by atoms with Gasteiger partial charge < -0.3 is 15.5 Å². The monoisotopic (exact) mass is 377 g/mol. The van der Waals surface area contributed by atoms with Crippen molar-refractivity contribution in [3.8, 4) is 0 Å². The zero-order valence-electron chi connectivity index (χ0n) is 17.4. The fourth-order valence-electron chi connectivity index (χ4n) is 4.08. The first-order valence-electron chi connectivity index (χ1n) is 10.5. The van der Waals surface area contributed by atoms with Crippen LogP contribution in [0.3, 0.4) is 0 Å². The van der Waals surface area contributed by atoms with Crippen LogP contribution in [0.5, 0.6) is 0 Å². The summed E-state index contributed by atoms with van der Waals surface area (Å²) in [6.07, 6.45) is 19.5. The van der Waals surface area contributed by atoms with Crippen molar-refractivity contribution in [1.29, 1.82) is 0 Å². The summed E-state index contributed by atoms with van der Waals surface area (Å²) in [5.41, 5.74) is -0.163. The maximum absolute atomic E-state index is 9.08. The van der Waals surface area contributed by atoms with Crippen LogP contribution in [0, 0.1) is 0 Å². The van der Waals surface area contributed by atoms with Gasteiger partial charge in [0, 0.05) is 24.3 Å². The fourth-order valence-corrected chi connectivity index (χ4v) is 4.08. The van der Waals surface area contributed by atoms with Gasteiger partial charge in [-0.2, -0.15) is 0 Å². The molecular weight excluding hydrogens is 334 g/mol. The minimum Gasteiger partial charge on any atom is -0.396 e. The minimum absolute atomic E-state index is 0.0814. The van der Waals surface area contributed by atoms with E-state index in [0.29, 0.717) is 0 Å². The van der Waals surface area contributed by atoms with Crippen LogP contribution in [0.25, 0.3) is 0 Å². The fraction of sp³-hybridized carbons (Fsp3) is 0.667. The van der Waals surface area contributed by atoms with Gasteiger partial charge in [-0.25, -0.2) is 0 Å². The third-order valence-corrected chi connectivity index (χ3v) is 5.30. The first-order chi connectivity index (χ1) is 13.1. The number of nitrogens with one attached hydrogen (secondary N) is 1. The van der Waals surface area contributed by atoms with Crippen LogP contribution in [-0.4, -0.2) is 34.5 Å². The van der Waals surface area contributed by atoms with Crippen LogP contribution >= 0.6 is 0 Å². The van der Waals surface area contributed by atoms with E-state index in [9.17, 15) is 0 Å². The first-order valence-corrected chi connectivity index (χ1v) is 10.5. The van der Waals surface area contributed by atoms with E-state index < -0.39 is 0 Å². The quantitative estimate of drug-likeness (QED) is 0.195. The van der Waals surface area contributed by atoms with E-state index in [1.165, 1.54) is 0 Å². The lowest BCUT2D eigenvalue weighted by Gasteiger charge is -2.45. The Bertz CT molecular complexity index is 359. The van der Waals surface area contributed by atoms with Crippen LogP contribution in [0.2, 0.25) is 0 Å². The Morgan fingerprint density at radius 2 is 0.889 bits per heavy atom. The molecule has 0 amide bonds. The highest BCUT2D eigenvalue weighted by Crippen LogP contribution is 2.33. The zero-order valence-corrected chi connectivity index (χ0v) is 17.4. The minimum atomic E-state index is -0.0814. The number of aliphatic hydroxyl groups is 2. The lowest BCUT2D eigenvalue weighted by molar-refractivity contribution is 0.172. The molecule has 0 spiro atoms. The van der Waals surface area contributed by atoms with Crippen molar-refractivity contribution in [3.63, 3.8) is 0 Å². The number of aliphatic hydroxyl groups excluding tert-OH is 2. The van der Waals surface area contributed by atoms with Gasteiger partial charge in [0.2, 0.25) is 0 Å². The van der Waals surface area contributed by atoms with E-state index in [4.69, 9.17) is 10.2 Å². The topological polar surface area (TPSA) is 52.5 Å². The van der Waals surface area contributed by atoms with Gasteiger partial charge in [-0.05, 0) is 51.4 Å². The average Bonchev–Trinajstić information content (AvgIpc) is 2.63. The van der Waals surface area contributed by atoms with Gasteiger partial charge in [0.25, 0.3) is 0 Å². The Labute approximate surface area is 168 Å². The molecule has 0 fully saturated rings. The van der Waals surface area contributed by atoms with Gasteiger partial charge in [-0.15, -0.1) is 26.3 Å². The van der Waals surface area contributed by atoms with Gasteiger partial charge in [0.15, 0.2) is 0 Å². The van der Waals surface area contributed by atoms with Crippen molar-refractivity contribution in [2.45, 2.75) is 88.1 Å². The zero-order chi connectivity index (χ0) is 20.4. The predicted molar refractivity (Wildman–Crippen MR) is 119 cm³/mol. The molecule has 27 heavy (non-hydrogen) atoms. The Hall–Kier alpha value is -1.16. The van der Waals surface area contributed by atoms with Gasteiger partial charge in [-0.1, -0.05) is 50.0 Å². The normalized spacial score (nSPS) is 11.9. The maximum Gasteiger partial charge on any atom is 0.0431 e. The molecule has 0 aromatic rings. The van der Waals surface area contributed by atoms with E-state index in [1.807, 2.05) is 24.3 Å². The van der Waals surface area contributed by atoms with Crippen molar-refractivity contribution in [2.24, 2.45) is 0 Å². The predicted octanol–water partition coefficient (Wildman–Crippen LogP) is 5.46. The molecule has 3 nitrogen and oxygen atoms in total.